The SMILES string of the molecule is CCOc1cc(Cl)c(C(N)C2CCCC2)cc1OCC. The van der Waals surface area contributed by atoms with Gasteiger partial charge in [-0.1, -0.05) is 24.4 Å². The van der Waals surface area contributed by atoms with Crippen molar-refractivity contribution in [3.8, 4) is 11.5 Å². The molecule has 1 atom stereocenters. The average molecular weight is 298 g/mol. The molecule has 1 aromatic rings. The van der Waals surface area contributed by atoms with Gasteiger partial charge in [-0.25, -0.2) is 0 Å². The van der Waals surface area contributed by atoms with Gasteiger partial charge in [0.1, 0.15) is 0 Å². The van der Waals surface area contributed by atoms with Gasteiger partial charge in [0, 0.05) is 17.1 Å². The maximum atomic E-state index is 6.41. The van der Waals surface area contributed by atoms with Crippen LogP contribution in [0.25, 0.3) is 0 Å². The molecule has 2 rings (SSSR count). The average Bonchev–Trinajstić information content (AvgIpc) is 2.95. The Labute approximate surface area is 126 Å². The van der Waals surface area contributed by atoms with Gasteiger partial charge in [0.2, 0.25) is 0 Å². The zero-order valence-corrected chi connectivity index (χ0v) is 13.1. The van der Waals surface area contributed by atoms with Crippen molar-refractivity contribution in [3.05, 3.63) is 22.7 Å². The van der Waals surface area contributed by atoms with E-state index in [0.717, 1.165) is 11.3 Å². The fourth-order valence-electron chi connectivity index (χ4n) is 2.91. The largest absolute Gasteiger partial charge is 0.490 e. The summed E-state index contributed by atoms with van der Waals surface area (Å²) >= 11 is 6.40. The minimum absolute atomic E-state index is 0.0140. The number of ether oxygens (including phenoxy) is 2. The van der Waals surface area contributed by atoms with Gasteiger partial charge in [-0.3, -0.25) is 0 Å². The number of nitrogens with two attached hydrogens (primary N) is 1. The molecule has 0 radical (unpaired) electrons. The van der Waals surface area contributed by atoms with Gasteiger partial charge in [0.15, 0.2) is 11.5 Å². The van der Waals surface area contributed by atoms with E-state index in [-0.39, 0.29) is 6.04 Å². The molecule has 1 aliphatic rings. The van der Waals surface area contributed by atoms with E-state index >= 15 is 0 Å². The normalized spacial score (nSPS) is 17.2. The first-order valence-corrected chi connectivity index (χ1v) is 7.89. The van der Waals surface area contributed by atoms with Gasteiger partial charge in [-0.2, -0.15) is 0 Å². The highest BCUT2D eigenvalue weighted by Crippen LogP contribution is 2.41. The Balaban J connectivity index is 2.29. The zero-order chi connectivity index (χ0) is 14.5. The van der Waals surface area contributed by atoms with Crippen LogP contribution in [-0.2, 0) is 0 Å². The summed E-state index contributed by atoms with van der Waals surface area (Å²) in [6.45, 7) is 5.09. The van der Waals surface area contributed by atoms with Gasteiger partial charge in [0.25, 0.3) is 0 Å². The molecule has 0 aromatic heterocycles. The first kappa shape index (κ1) is 15.5. The topological polar surface area (TPSA) is 44.5 Å². The summed E-state index contributed by atoms with van der Waals surface area (Å²) < 4.78 is 11.2. The molecule has 1 aliphatic carbocycles. The van der Waals surface area contributed by atoms with Crippen molar-refractivity contribution < 1.29 is 9.47 Å². The third-order valence-corrected chi connectivity index (χ3v) is 4.26. The van der Waals surface area contributed by atoms with Crippen LogP contribution in [0, 0.1) is 5.92 Å². The monoisotopic (exact) mass is 297 g/mol. The Bertz CT molecular complexity index is 444. The molecule has 0 saturated heterocycles. The second-order valence-corrected chi connectivity index (χ2v) is 5.66. The number of halogens is 1. The van der Waals surface area contributed by atoms with Gasteiger partial charge in [0.05, 0.1) is 13.2 Å². The predicted molar refractivity (Wildman–Crippen MR) is 82.7 cm³/mol. The molecule has 0 aliphatic heterocycles. The van der Waals surface area contributed by atoms with Gasteiger partial charge < -0.3 is 15.2 Å². The highest BCUT2D eigenvalue weighted by Gasteiger charge is 2.26. The minimum atomic E-state index is -0.0140. The Hall–Kier alpha value is -0.930. The molecule has 1 fully saturated rings. The molecule has 112 valence electrons. The summed E-state index contributed by atoms with van der Waals surface area (Å²) in [5, 5.41) is 0.677. The zero-order valence-electron chi connectivity index (χ0n) is 12.3. The first-order chi connectivity index (χ1) is 9.67. The summed E-state index contributed by atoms with van der Waals surface area (Å²) in [7, 11) is 0. The van der Waals surface area contributed by atoms with Crippen LogP contribution in [0.5, 0.6) is 11.5 Å². The molecule has 0 spiro atoms. The molecule has 2 N–H and O–H groups in total. The predicted octanol–water partition coefficient (Wildman–Crippen LogP) is 4.33. The van der Waals surface area contributed by atoms with Crippen LogP contribution in [0.3, 0.4) is 0 Å². The molecule has 1 unspecified atom stereocenters. The van der Waals surface area contributed by atoms with E-state index in [1.807, 2.05) is 26.0 Å². The van der Waals surface area contributed by atoms with Crippen LogP contribution in [0.15, 0.2) is 12.1 Å². The molecule has 0 amide bonds. The maximum Gasteiger partial charge on any atom is 0.162 e. The van der Waals surface area contributed by atoms with Gasteiger partial charge in [-0.05, 0) is 44.2 Å². The molecule has 1 aromatic carbocycles. The lowest BCUT2D eigenvalue weighted by molar-refractivity contribution is 0.287. The van der Waals surface area contributed by atoms with Gasteiger partial charge >= 0.3 is 0 Å². The molecule has 0 heterocycles. The highest BCUT2D eigenvalue weighted by molar-refractivity contribution is 6.31. The van der Waals surface area contributed by atoms with Crippen molar-refractivity contribution in [1.29, 1.82) is 0 Å². The van der Waals surface area contributed by atoms with Crippen molar-refractivity contribution in [3.63, 3.8) is 0 Å². The summed E-state index contributed by atoms with van der Waals surface area (Å²) in [5.41, 5.74) is 7.39. The van der Waals surface area contributed by atoms with E-state index in [1.54, 1.807) is 0 Å². The lowest BCUT2D eigenvalue weighted by Crippen LogP contribution is -2.19. The molecule has 4 heteroatoms. The van der Waals surface area contributed by atoms with E-state index in [1.165, 1.54) is 25.7 Å². The Morgan fingerprint density at radius 2 is 1.70 bits per heavy atom. The third kappa shape index (κ3) is 3.39. The van der Waals surface area contributed by atoms with E-state index in [2.05, 4.69) is 0 Å². The van der Waals surface area contributed by atoms with Crippen molar-refractivity contribution in [1.82, 2.24) is 0 Å². The number of hydrogen-bond donors (Lipinski definition) is 1. The fourth-order valence-corrected chi connectivity index (χ4v) is 3.19. The van der Waals surface area contributed by atoms with Crippen molar-refractivity contribution in [2.75, 3.05) is 13.2 Å². The van der Waals surface area contributed by atoms with Crippen molar-refractivity contribution >= 4 is 11.6 Å². The lowest BCUT2D eigenvalue weighted by atomic mass is 9.92. The van der Waals surface area contributed by atoms with Gasteiger partial charge in [-0.15, -0.1) is 0 Å². The van der Waals surface area contributed by atoms with E-state index in [9.17, 15) is 0 Å². The number of hydrogen-bond acceptors (Lipinski definition) is 3. The Kier molecular flexibility index (Phi) is 5.55. The van der Waals surface area contributed by atoms with Crippen molar-refractivity contribution in [2.45, 2.75) is 45.6 Å². The molecule has 20 heavy (non-hydrogen) atoms. The standard InChI is InChI=1S/C16H24ClNO2/c1-3-19-14-9-12(13(17)10-15(14)20-4-2)16(18)11-7-5-6-8-11/h9-11,16H,3-8,18H2,1-2H3. The molecular formula is C16H24ClNO2. The van der Waals surface area contributed by atoms with Crippen LogP contribution in [0.4, 0.5) is 0 Å². The highest BCUT2D eigenvalue weighted by atomic mass is 35.5. The first-order valence-electron chi connectivity index (χ1n) is 7.52. The molecule has 0 bridgehead atoms. The maximum absolute atomic E-state index is 6.41. The van der Waals surface area contributed by atoms with Crippen LogP contribution < -0.4 is 15.2 Å². The minimum Gasteiger partial charge on any atom is -0.490 e. The summed E-state index contributed by atoms with van der Waals surface area (Å²) in [6, 6.07) is 3.78. The van der Waals surface area contributed by atoms with E-state index in [4.69, 9.17) is 26.8 Å². The summed E-state index contributed by atoms with van der Waals surface area (Å²) in [6.07, 6.45) is 4.92. The van der Waals surface area contributed by atoms with Crippen LogP contribution >= 0.6 is 11.6 Å². The van der Waals surface area contributed by atoms with Crippen LogP contribution in [0.1, 0.15) is 51.1 Å². The van der Waals surface area contributed by atoms with Crippen molar-refractivity contribution in [2.24, 2.45) is 11.7 Å². The molecule has 3 nitrogen and oxygen atoms in total. The van der Waals surface area contributed by atoms with E-state index in [0.29, 0.717) is 29.9 Å². The Morgan fingerprint density at radius 1 is 1.15 bits per heavy atom. The molecule has 1 saturated carbocycles. The molecular weight excluding hydrogens is 274 g/mol. The van der Waals surface area contributed by atoms with Crippen LogP contribution in [-0.4, -0.2) is 13.2 Å². The fraction of sp³-hybridized carbons (Fsp3) is 0.625. The third-order valence-electron chi connectivity index (χ3n) is 3.93. The Morgan fingerprint density at radius 3 is 2.25 bits per heavy atom. The van der Waals surface area contributed by atoms with Crippen LogP contribution in [0.2, 0.25) is 5.02 Å². The number of rotatable bonds is 6. The second kappa shape index (κ2) is 7.19. The quantitative estimate of drug-likeness (QED) is 0.850. The number of benzene rings is 1. The summed E-state index contributed by atoms with van der Waals surface area (Å²) in [5.74, 6) is 1.96. The second-order valence-electron chi connectivity index (χ2n) is 5.26. The summed E-state index contributed by atoms with van der Waals surface area (Å²) in [4.78, 5) is 0. The smallest absolute Gasteiger partial charge is 0.162 e. The van der Waals surface area contributed by atoms with E-state index < -0.39 is 0 Å². The lowest BCUT2D eigenvalue weighted by Gasteiger charge is -2.22.